The zero-order valence-corrected chi connectivity index (χ0v) is 15.6. The van der Waals surface area contributed by atoms with Gasteiger partial charge in [-0.05, 0) is 26.0 Å². The highest BCUT2D eigenvalue weighted by molar-refractivity contribution is 6.02. The van der Waals surface area contributed by atoms with Gasteiger partial charge in [0.05, 0.1) is 6.61 Å². The molecule has 1 heterocycles. The Balaban J connectivity index is 1.64. The molecule has 0 unspecified atom stereocenters. The summed E-state index contributed by atoms with van der Waals surface area (Å²) in [4.78, 5) is 23.8. The fourth-order valence-corrected chi connectivity index (χ4v) is 2.44. The largest absolute Gasteiger partial charge is 0.482 e. The lowest BCUT2D eigenvalue weighted by Crippen LogP contribution is -2.15. The number of carbonyl (C=O) groups excluding carboxylic acids is 2. The zero-order valence-electron chi connectivity index (χ0n) is 15.6. The third kappa shape index (κ3) is 4.97. The maximum absolute atomic E-state index is 12.4. The first-order chi connectivity index (χ1) is 13.5. The second-order valence-corrected chi connectivity index (χ2v) is 6.02. The lowest BCUT2D eigenvalue weighted by atomic mass is 10.1. The summed E-state index contributed by atoms with van der Waals surface area (Å²) in [5.74, 6) is -0.368. The molecule has 0 fully saturated rings. The van der Waals surface area contributed by atoms with E-state index in [0.717, 1.165) is 11.1 Å². The number of amides is 1. The normalized spacial score (nSPS) is 10.4. The Labute approximate surface area is 162 Å². The fourth-order valence-electron chi connectivity index (χ4n) is 2.44. The van der Waals surface area contributed by atoms with Gasteiger partial charge < -0.3 is 19.3 Å². The molecule has 0 bridgehead atoms. The van der Waals surface area contributed by atoms with Gasteiger partial charge in [0.25, 0.3) is 5.91 Å². The van der Waals surface area contributed by atoms with E-state index in [4.69, 9.17) is 14.0 Å². The molecule has 1 N–H and O–H groups in total. The van der Waals surface area contributed by atoms with Crippen LogP contribution in [0.1, 0.15) is 23.0 Å². The van der Waals surface area contributed by atoms with Crippen LogP contribution in [0, 0.1) is 6.92 Å². The topological polar surface area (TPSA) is 90.7 Å². The van der Waals surface area contributed by atoms with E-state index in [1.54, 1.807) is 37.3 Å². The van der Waals surface area contributed by atoms with E-state index in [1.807, 2.05) is 31.2 Å². The fraction of sp³-hybridized carbons (Fsp3) is 0.190. The van der Waals surface area contributed by atoms with Crippen LogP contribution in [-0.2, 0) is 9.53 Å². The average Bonchev–Trinajstić information content (AvgIpc) is 3.18. The average molecular weight is 380 g/mol. The molecule has 1 amide bonds. The summed E-state index contributed by atoms with van der Waals surface area (Å²) in [6.07, 6.45) is 0. The molecule has 2 aromatic carbocycles. The first kappa shape index (κ1) is 19.2. The van der Waals surface area contributed by atoms with Gasteiger partial charge in [0.2, 0.25) is 5.76 Å². The molecule has 144 valence electrons. The number of ether oxygens (including phenoxy) is 2. The highest BCUT2D eigenvalue weighted by Gasteiger charge is 2.15. The van der Waals surface area contributed by atoms with Gasteiger partial charge in [-0.25, -0.2) is 4.79 Å². The minimum Gasteiger partial charge on any atom is -0.482 e. The van der Waals surface area contributed by atoms with Crippen LogP contribution in [0.15, 0.2) is 59.1 Å². The number of rotatable bonds is 7. The van der Waals surface area contributed by atoms with Crippen LogP contribution in [0.5, 0.6) is 5.75 Å². The molecule has 0 aliphatic rings. The molecule has 0 spiro atoms. The molecule has 0 atom stereocenters. The summed E-state index contributed by atoms with van der Waals surface area (Å²) >= 11 is 0. The van der Waals surface area contributed by atoms with E-state index in [0.29, 0.717) is 23.7 Å². The summed E-state index contributed by atoms with van der Waals surface area (Å²) in [5.41, 5.74) is 3.08. The van der Waals surface area contributed by atoms with Gasteiger partial charge in [-0.1, -0.05) is 41.1 Å². The quantitative estimate of drug-likeness (QED) is 0.626. The number of aryl methyl sites for hydroxylation is 1. The van der Waals surface area contributed by atoms with Crippen LogP contribution >= 0.6 is 0 Å². The predicted molar refractivity (Wildman–Crippen MR) is 103 cm³/mol. The second kappa shape index (κ2) is 8.85. The number of anilines is 1. The summed E-state index contributed by atoms with van der Waals surface area (Å²) in [7, 11) is 0. The first-order valence-electron chi connectivity index (χ1n) is 8.78. The molecule has 3 aromatic rings. The summed E-state index contributed by atoms with van der Waals surface area (Å²) in [6.45, 7) is 3.81. The highest BCUT2D eigenvalue weighted by atomic mass is 16.6. The number of esters is 1. The van der Waals surface area contributed by atoms with Crippen molar-refractivity contribution in [1.82, 2.24) is 5.16 Å². The van der Waals surface area contributed by atoms with Crippen LogP contribution < -0.4 is 10.1 Å². The molecule has 0 saturated carbocycles. The van der Waals surface area contributed by atoms with Crippen molar-refractivity contribution in [3.63, 3.8) is 0 Å². The van der Waals surface area contributed by atoms with Crippen LogP contribution in [-0.4, -0.2) is 30.2 Å². The van der Waals surface area contributed by atoms with Crippen molar-refractivity contribution >= 4 is 17.6 Å². The third-order valence-electron chi connectivity index (χ3n) is 3.84. The number of hydrogen-bond acceptors (Lipinski definition) is 6. The smallest absolute Gasteiger partial charge is 0.344 e. The Kier molecular flexibility index (Phi) is 6.06. The van der Waals surface area contributed by atoms with Crippen LogP contribution in [0.3, 0.4) is 0 Å². The lowest BCUT2D eigenvalue weighted by molar-refractivity contribution is -0.145. The van der Waals surface area contributed by atoms with Gasteiger partial charge in [-0.2, -0.15) is 0 Å². The maximum atomic E-state index is 12.4. The number of hydrogen-bond donors (Lipinski definition) is 1. The van der Waals surface area contributed by atoms with Gasteiger partial charge in [-0.3, -0.25) is 4.79 Å². The minimum atomic E-state index is -0.456. The van der Waals surface area contributed by atoms with E-state index in [9.17, 15) is 9.59 Å². The molecule has 0 aliphatic carbocycles. The summed E-state index contributed by atoms with van der Waals surface area (Å²) in [6, 6.07) is 16.0. The van der Waals surface area contributed by atoms with Gasteiger partial charge in [0.1, 0.15) is 11.4 Å². The van der Waals surface area contributed by atoms with Crippen LogP contribution in [0.2, 0.25) is 0 Å². The van der Waals surface area contributed by atoms with Crippen molar-refractivity contribution < 1.29 is 23.6 Å². The van der Waals surface area contributed by atoms with E-state index in [-0.39, 0.29) is 12.4 Å². The molecule has 7 nitrogen and oxygen atoms in total. The zero-order chi connectivity index (χ0) is 19.9. The van der Waals surface area contributed by atoms with Crippen molar-refractivity contribution in [3.8, 4) is 17.0 Å². The second-order valence-electron chi connectivity index (χ2n) is 6.02. The van der Waals surface area contributed by atoms with Crippen molar-refractivity contribution in [2.75, 3.05) is 18.5 Å². The van der Waals surface area contributed by atoms with Crippen molar-refractivity contribution in [3.05, 3.63) is 65.9 Å². The number of carbonyl (C=O) groups is 2. The van der Waals surface area contributed by atoms with Gasteiger partial charge in [0.15, 0.2) is 6.61 Å². The Morgan fingerprint density at radius 1 is 1.11 bits per heavy atom. The Hall–Kier alpha value is -3.61. The van der Waals surface area contributed by atoms with Gasteiger partial charge in [0, 0.05) is 23.4 Å². The monoisotopic (exact) mass is 380 g/mol. The predicted octanol–water partition coefficient (Wildman–Crippen LogP) is 3.84. The molecule has 0 radical (unpaired) electrons. The molecular weight excluding hydrogens is 360 g/mol. The molecular formula is C21H20N2O5. The van der Waals surface area contributed by atoms with Gasteiger partial charge in [-0.15, -0.1) is 0 Å². The highest BCUT2D eigenvalue weighted by Crippen LogP contribution is 2.21. The molecule has 1 aromatic heterocycles. The molecule has 28 heavy (non-hydrogen) atoms. The van der Waals surface area contributed by atoms with Crippen molar-refractivity contribution in [1.29, 1.82) is 0 Å². The SMILES string of the molecule is CCOC(=O)COc1cccc(NC(=O)c2cc(-c3ccc(C)cc3)no2)c1. The van der Waals surface area contributed by atoms with Crippen molar-refractivity contribution in [2.24, 2.45) is 0 Å². The van der Waals surface area contributed by atoms with E-state index < -0.39 is 11.9 Å². The number of nitrogens with zero attached hydrogens (tertiary/aromatic N) is 1. The van der Waals surface area contributed by atoms with Gasteiger partial charge >= 0.3 is 5.97 Å². The van der Waals surface area contributed by atoms with E-state index in [2.05, 4.69) is 10.5 Å². The third-order valence-corrected chi connectivity index (χ3v) is 3.84. The van der Waals surface area contributed by atoms with Crippen LogP contribution in [0.25, 0.3) is 11.3 Å². The Morgan fingerprint density at radius 2 is 1.89 bits per heavy atom. The number of aromatic nitrogens is 1. The lowest BCUT2D eigenvalue weighted by Gasteiger charge is -2.08. The standard InChI is InChI=1S/C21H20N2O5/c1-3-26-20(24)13-27-17-6-4-5-16(11-17)22-21(25)19-12-18(23-28-19)15-9-7-14(2)8-10-15/h4-12H,3,13H2,1-2H3,(H,22,25). The number of nitrogens with one attached hydrogen (secondary N) is 1. The molecule has 0 aliphatic heterocycles. The van der Waals surface area contributed by atoms with Crippen molar-refractivity contribution in [2.45, 2.75) is 13.8 Å². The molecule has 7 heteroatoms. The maximum Gasteiger partial charge on any atom is 0.344 e. The number of benzene rings is 2. The summed E-state index contributed by atoms with van der Waals surface area (Å²) < 4.78 is 15.3. The Bertz CT molecular complexity index is 963. The van der Waals surface area contributed by atoms with Crippen LogP contribution in [0.4, 0.5) is 5.69 Å². The Morgan fingerprint density at radius 3 is 2.64 bits per heavy atom. The summed E-state index contributed by atoms with van der Waals surface area (Å²) in [5, 5.41) is 6.67. The first-order valence-corrected chi connectivity index (χ1v) is 8.78. The molecule has 3 rings (SSSR count). The molecule has 0 saturated heterocycles. The van der Waals surface area contributed by atoms with E-state index >= 15 is 0 Å². The minimum absolute atomic E-state index is 0.0911. The van der Waals surface area contributed by atoms with E-state index in [1.165, 1.54) is 0 Å².